The summed E-state index contributed by atoms with van der Waals surface area (Å²) in [5, 5.41) is 0. The normalized spacial score (nSPS) is 10.6. The molecule has 1 aromatic heterocycles. The van der Waals surface area contributed by atoms with Gasteiger partial charge in [-0.25, -0.2) is 4.39 Å². The number of hydrogen-bond donors (Lipinski definition) is 0. The first kappa shape index (κ1) is 12.2. The molecule has 0 unspecified atom stereocenters. The van der Waals surface area contributed by atoms with Gasteiger partial charge in [-0.2, -0.15) is 0 Å². The Balaban J connectivity index is 2.05. The van der Waals surface area contributed by atoms with E-state index < -0.39 is 0 Å². The highest BCUT2D eigenvalue weighted by Gasteiger charge is 2.12. The molecule has 94 valence electrons. The number of halogens is 2. The van der Waals surface area contributed by atoms with Crippen LogP contribution in [0.3, 0.4) is 0 Å². The molecule has 19 heavy (non-hydrogen) atoms. The topological polar surface area (TPSA) is 13.1 Å². The SMILES string of the molecule is Fc1ccc(-c2oc(-c3ccccc3)cc2Br)cc1. The summed E-state index contributed by atoms with van der Waals surface area (Å²) in [6.45, 7) is 0. The molecule has 0 radical (unpaired) electrons. The van der Waals surface area contributed by atoms with E-state index in [0.717, 1.165) is 21.4 Å². The van der Waals surface area contributed by atoms with Gasteiger partial charge in [-0.1, -0.05) is 30.3 Å². The largest absolute Gasteiger partial charge is 0.455 e. The maximum atomic E-state index is 12.9. The highest BCUT2D eigenvalue weighted by molar-refractivity contribution is 9.10. The van der Waals surface area contributed by atoms with Gasteiger partial charge < -0.3 is 4.42 Å². The predicted octanol–water partition coefficient (Wildman–Crippen LogP) is 5.52. The summed E-state index contributed by atoms with van der Waals surface area (Å²) in [7, 11) is 0. The van der Waals surface area contributed by atoms with Gasteiger partial charge >= 0.3 is 0 Å². The van der Waals surface area contributed by atoms with Gasteiger partial charge in [0.15, 0.2) is 0 Å². The Morgan fingerprint density at radius 2 is 1.53 bits per heavy atom. The van der Waals surface area contributed by atoms with Crippen molar-refractivity contribution in [2.75, 3.05) is 0 Å². The molecule has 0 bridgehead atoms. The van der Waals surface area contributed by atoms with E-state index in [1.807, 2.05) is 36.4 Å². The highest BCUT2D eigenvalue weighted by atomic mass is 79.9. The van der Waals surface area contributed by atoms with Crippen LogP contribution in [0.25, 0.3) is 22.6 Å². The van der Waals surface area contributed by atoms with E-state index in [9.17, 15) is 4.39 Å². The molecule has 3 aromatic rings. The summed E-state index contributed by atoms with van der Waals surface area (Å²) in [5.74, 6) is 1.24. The van der Waals surface area contributed by atoms with Crippen molar-refractivity contribution in [3.8, 4) is 22.6 Å². The molecule has 0 aliphatic rings. The van der Waals surface area contributed by atoms with Crippen molar-refractivity contribution in [1.29, 1.82) is 0 Å². The van der Waals surface area contributed by atoms with Crippen molar-refractivity contribution in [3.05, 3.63) is 71.0 Å². The van der Waals surface area contributed by atoms with E-state index in [2.05, 4.69) is 15.9 Å². The third-order valence-electron chi connectivity index (χ3n) is 2.85. The molecular weight excluding hydrogens is 307 g/mol. The Morgan fingerprint density at radius 3 is 2.21 bits per heavy atom. The summed E-state index contributed by atoms with van der Waals surface area (Å²) in [5.41, 5.74) is 1.85. The molecule has 0 atom stereocenters. The monoisotopic (exact) mass is 316 g/mol. The maximum absolute atomic E-state index is 12.9. The van der Waals surface area contributed by atoms with Crippen LogP contribution in [0, 0.1) is 5.82 Å². The van der Waals surface area contributed by atoms with Gasteiger partial charge in [0, 0.05) is 11.1 Å². The van der Waals surface area contributed by atoms with Crippen molar-refractivity contribution >= 4 is 15.9 Å². The van der Waals surface area contributed by atoms with Crippen molar-refractivity contribution in [3.63, 3.8) is 0 Å². The van der Waals surface area contributed by atoms with Gasteiger partial charge in [0.25, 0.3) is 0 Å². The number of furan rings is 1. The minimum absolute atomic E-state index is 0.255. The lowest BCUT2D eigenvalue weighted by molar-refractivity contribution is 0.595. The summed E-state index contributed by atoms with van der Waals surface area (Å²) in [6, 6.07) is 18.0. The van der Waals surface area contributed by atoms with Gasteiger partial charge in [-0.3, -0.25) is 0 Å². The molecule has 0 fully saturated rings. The van der Waals surface area contributed by atoms with Gasteiger partial charge in [0.2, 0.25) is 0 Å². The van der Waals surface area contributed by atoms with Crippen LogP contribution in [0.4, 0.5) is 4.39 Å². The molecule has 0 spiro atoms. The molecule has 0 N–H and O–H groups in total. The third kappa shape index (κ3) is 2.47. The molecule has 3 rings (SSSR count). The first-order chi connectivity index (χ1) is 9.24. The molecule has 1 nitrogen and oxygen atoms in total. The van der Waals surface area contributed by atoms with E-state index in [1.165, 1.54) is 12.1 Å². The molecule has 3 heteroatoms. The molecular formula is C16H10BrFO. The van der Waals surface area contributed by atoms with E-state index >= 15 is 0 Å². The van der Waals surface area contributed by atoms with Crippen LogP contribution in [0.5, 0.6) is 0 Å². The first-order valence-corrected chi connectivity index (χ1v) is 6.64. The summed E-state index contributed by atoms with van der Waals surface area (Å²) < 4.78 is 19.6. The van der Waals surface area contributed by atoms with Crippen molar-refractivity contribution in [1.82, 2.24) is 0 Å². The second-order valence-electron chi connectivity index (χ2n) is 4.16. The molecule has 0 amide bonds. The standard InChI is InChI=1S/C16H10BrFO/c17-14-10-15(11-4-2-1-3-5-11)19-16(14)12-6-8-13(18)9-7-12/h1-10H. The summed E-state index contributed by atoms with van der Waals surface area (Å²) >= 11 is 3.48. The van der Waals surface area contributed by atoms with Crippen LogP contribution in [0.2, 0.25) is 0 Å². The second kappa shape index (κ2) is 5.02. The molecule has 1 heterocycles. The van der Waals surface area contributed by atoms with Gasteiger partial charge in [-0.05, 0) is 46.3 Å². The zero-order valence-electron chi connectivity index (χ0n) is 9.94. The fourth-order valence-electron chi connectivity index (χ4n) is 1.91. The fraction of sp³-hybridized carbons (Fsp3) is 0. The average Bonchev–Trinajstić information content (AvgIpc) is 2.83. The minimum Gasteiger partial charge on any atom is -0.455 e. The quantitative estimate of drug-likeness (QED) is 0.607. The Hall–Kier alpha value is -1.87. The van der Waals surface area contributed by atoms with E-state index in [1.54, 1.807) is 12.1 Å². The zero-order chi connectivity index (χ0) is 13.2. The molecule has 0 saturated carbocycles. The minimum atomic E-state index is -0.255. The predicted molar refractivity (Wildman–Crippen MR) is 77.2 cm³/mol. The van der Waals surface area contributed by atoms with Crippen LogP contribution < -0.4 is 0 Å². The van der Waals surface area contributed by atoms with Crippen LogP contribution in [-0.2, 0) is 0 Å². The maximum Gasteiger partial charge on any atom is 0.148 e. The van der Waals surface area contributed by atoms with E-state index in [0.29, 0.717) is 5.76 Å². The van der Waals surface area contributed by atoms with E-state index in [-0.39, 0.29) is 5.82 Å². The van der Waals surface area contributed by atoms with Gasteiger partial charge in [0.1, 0.15) is 17.3 Å². The number of hydrogen-bond acceptors (Lipinski definition) is 1. The Morgan fingerprint density at radius 1 is 0.842 bits per heavy atom. The fourth-order valence-corrected chi connectivity index (χ4v) is 2.43. The highest BCUT2D eigenvalue weighted by Crippen LogP contribution is 2.35. The van der Waals surface area contributed by atoms with E-state index in [4.69, 9.17) is 4.42 Å². The molecule has 0 aliphatic heterocycles. The Kier molecular flexibility index (Phi) is 3.22. The second-order valence-corrected chi connectivity index (χ2v) is 5.01. The zero-order valence-corrected chi connectivity index (χ0v) is 11.5. The number of rotatable bonds is 2. The van der Waals surface area contributed by atoms with Gasteiger partial charge in [-0.15, -0.1) is 0 Å². The van der Waals surface area contributed by atoms with Crippen LogP contribution in [0.1, 0.15) is 0 Å². The Bertz CT molecular complexity index is 687. The summed E-state index contributed by atoms with van der Waals surface area (Å²) in [6.07, 6.45) is 0. The van der Waals surface area contributed by atoms with Crippen LogP contribution in [0.15, 0.2) is 69.6 Å². The number of benzene rings is 2. The molecule has 2 aromatic carbocycles. The average molecular weight is 317 g/mol. The first-order valence-electron chi connectivity index (χ1n) is 5.85. The van der Waals surface area contributed by atoms with Crippen LogP contribution >= 0.6 is 15.9 Å². The van der Waals surface area contributed by atoms with Gasteiger partial charge in [0.05, 0.1) is 4.47 Å². The van der Waals surface area contributed by atoms with Crippen molar-refractivity contribution in [2.24, 2.45) is 0 Å². The molecule has 0 saturated heterocycles. The summed E-state index contributed by atoms with van der Waals surface area (Å²) in [4.78, 5) is 0. The Labute approximate surface area is 118 Å². The smallest absolute Gasteiger partial charge is 0.148 e. The third-order valence-corrected chi connectivity index (χ3v) is 3.44. The lowest BCUT2D eigenvalue weighted by Gasteiger charge is -1.98. The van der Waals surface area contributed by atoms with Crippen molar-refractivity contribution in [2.45, 2.75) is 0 Å². The molecule has 0 aliphatic carbocycles. The lowest BCUT2D eigenvalue weighted by atomic mass is 10.1. The lowest BCUT2D eigenvalue weighted by Crippen LogP contribution is -1.76. The van der Waals surface area contributed by atoms with Crippen molar-refractivity contribution < 1.29 is 8.81 Å². The van der Waals surface area contributed by atoms with Crippen LogP contribution in [-0.4, -0.2) is 0 Å².